The monoisotopic (exact) mass is 275 g/mol. The first kappa shape index (κ1) is 14.2. The average molecular weight is 275 g/mol. The number of hydrogen-bond donors (Lipinski definition) is 2. The molecule has 0 aliphatic heterocycles. The van der Waals surface area contributed by atoms with Gasteiger partial charge in [-0.15, -0.1) is 10.2 Å². The highest BCUT2D eigenvalue weighted by molar-refractivity contribution is 5.56. The minimum absolute atomic E-state index is 0.596. The Balaban J connectivity index is 2.06. The highest BCUT2D eigenvalue weighted by Crippen LogP contribution is 2.18. The first-order valence-electron chi connectivity index (χ1n) is 6.92. The van der Waals surface area contributed by atoms with Crippen molar-refractivity contribution in [1.82, 2.24) is 24.7 Å². The zero-order valence-corrected chi connectivity index (χ0v) is 12.2. The molecule has 0 saturated carbocycles. The molecule has 2 aromatic rings. The lowest BCUT2D eigenvalue weighted by molar-refractivity contribution is 0.707. The third-order valence-corrected chi connectivity index (χ3v) is 3.08. The fourth-order valence-corrected chi connectivity index (χ4v) is 1.89. The van der Waals surface area contributed by atoms with Gasteiger partial charge in [-0.3, -0.25) is 0 Å². The molecule has 7 nitrogen and oxygen atoms in total. The molecular weight excluding hydrogens is 254 g/mol. The van der Waals surface area contributed by atoms with Gasteiger partial charge < -0.3 is 15.2 Å². The van der Waals surface area contributed by atoms with Gasteiger partial charge in [-0.1, -0.05) is 6.92 Å². The van der Waals surface area contributed by atoms with E-state index in [1.165, 1.54) is 0 Å². The van der Waals surface area contributed by atoms with Crippen LogP contribution in [0.3, 0.4) is 0 Å². The molecule has 0 aliphatic carbocycles. The highest BCUT2D eigenvalue weighted by Gasteiger charge is 2.08. The Labute approximate surface area is 118 Å². The molecule has 20 heavy (non-hydrogen) atoms. The summed E-state index contributed by atoms with van der Waals surface area (Å²) in [6, 6.07) is 0. The smallest absolute Gasteiger partial charge is 0.152 e. The summed E-state index contributed by atoms with van der Waals surface area (Å²) in [5, 5.41) is 14.6. The van der Waals surface area contributed by atoms with Gasteiger partial charge in [0.1, 0.15) is 24.3 Å². The summed E-state index contributed by atoms with van der Waals surface area (Å²) in [6.07, 6.45) is 4.36. The lowest BCUT2D eigenvalue weighted by Crippen LogP contribution is -2.11. The molecule has 2 rings (SSSR count). The average Bonchev–Trinajstić information content (AvgIpc) is 2.92. The molecule has 2 N–H and O–H groups in total. The predicted octanol–water partition coefficient (Wildman–Crippen LogP) is 1.83. The molecule has 2 aromatic heterocycles. The largest absolute Gasteiger partial charge is 0.370 e. The van der Waals surface area contributed by atoms with Crippen molar-refractivity contribution in [2.75, 3.05) is 17.2 Å². The summed E-state index contributed by atoms with van der Waals surface area (Å²) in [4.78, 5) is 8.54. The summed E-state index contributed by atoms with van der Waals surface area (Å²) in [6.45, 7) is 8.55. The number of aryl methyl sites for hydroxylation is 1. The zero-order chi connectivity index (χ0) is 14.4. The maximum atomic E-state index is 4.28. The van der Waals surface area contributed by atoms with Crippen molar-refractivity contribution >= 4 is 11.6 Å². The van der Waals surface area contributed by atoms with Gasteiger partial charge in [0.15, 0.2) is 5.82 Å². The van der Waals surface area contributed by atoms with E-state index in [4.69, 9.17) is 0 Å². The predicted molar refractivity (Wildman–Crippen MR) is 78.6 cm³/mol. The molecular formula is C13H21N7. The summed E-state index contributed by atoms with van der Waals surface area (Å²) in [5.74, 6) is 2.60. The normalized spacial score (nSPS) is 10.6. The molecule has 0 unspecified atom stereocenters. The van der Waals surface area contributed by atoms with E-state index < -0.39 is 0 Å². The van der Waals surface area contributed by atoms with E-state index in [1.54, 1.807) is 12.7 Å². The number of anilines is 2. The molecule has 0 spiro atoms. The van der Waals surface area contributed by atoms with Crippen LogP contribution < -0.4 is 10.6 Å². The van der Waals surface area contributed by atoms with E-state index in [9.17, 15) is 0 Å². The van der Waals surface area contributed by atoms with Crippen molar-refractivity contribution in [3.8, 4) is 0 Å². The first-order chi connectivity index (χ1) is 9.76. The molecule has 0 saturated heterocycles. The second-order valence-electron chi connectivity index (χ2n) is 4.51. The molecule has 0 amide bonds. The van der Waals surface area contributed by atoms with Crippen molar-refractivity contribution in [2.45, 2.75) is 40.3 Å². The lowest BCUT2D eigenvalue weighted by atomic mass is 10.3. The van der Waals surface area contributed by atoms with Gasteiger partial charge in [-0.2, -0.15) is 0 Å². The van der Waals surface area contributed by atoms with Crippen LogP contribution in [0.1, 0.15) is 31.7 Å². The van der Waals surface area contributed by atoms with E-state index in [0.717, 1.165) is 42.5 Å². The van der Waals surface area contributed by atoms with Gasteiger partial charge in [0.2, 0.25) is 0 Å². The van der Waals surface area contributed by atoms with Gasteiger partial charge in [0.05, 0.1) is 6.54 Å². The van der Waals surface area contributed by atoms with Crippen molar-refractivity contribution in [2.24, 2.45) is 0 Å². The molecule has 0 radical (unpaired) electrons. The van der Waals surface area contributed by atoms with E-state index in [1.807, 2.05) is 11.5 Å². The fraction of sp³-hybridized carbons (Fsp3) is 0.538. The van der Waals surface area contributed by atoms with Gasteiger partial charge in [0, 0.05) is 18.7 Å². The number of hydrogen-bond acceptors (Lipinski definition) is 6. The highest BCUT2D eigenvalue weighted by atomic mass is 15.3. The molecule has 0 aromatic carbocycles. The van der Waals surface area contributed by atoms with E-state index in [-0.39, 0.29) is 0 Å². The summed E-state index contributed by atoms with van der Waals surface area (Å²) in [7, 11) is 0. The topological polar surface area (TPSA) is 80.6 Å². The zero-order valence-electron chi connectivity index (χ0n) is 12.2. The van der Waals surface area contributed by atoms with E-state index in [2.05, 4.69) is 44.6 Å². The van der Waals surface area contributed by atoms with Gasteiger partial charge in [-0.25, -0.2) is 9.97 Å². The fourth-order valence-electron chi connectivity index (χ4n) is 1.89. The van der Waals surface area contributed by atoms with Crippen LogP contribution in [0.2, 0.25) is 0 Å². The first-order valence-corrected chi connectivity index (χ1v) is 6.92. The van der Waals surface area contributed by atoms with Crippen LogP contribution in [0, 0.1) is 6.92 Å². The Morgan fingerprint density at radius 3 is 2.60 bits per heavy atom. The van der Waals surface area contributed by atoms with E-state index >= 15 is 0 Å². The van der Waals surface area contributed by atoms with Crippen molar-refractivity contribution < 1.29 is 0 Å². The second kappa shape index (κ2) is 6.83. The van der Waals surface area contributed by atoms with Crippen molar-refractivity contribution in [3.63, 3.8) is 0 Å². The van der Waals surface area contributed by atoms with Gasteiger partial charge in [-0.05, 0) is 20.3 Å². The molecule has 0 aliphatic rings. The number of rotatable bonds is 7. The van der Waals surface area contributed by atoms with Crippen LogP contribution in [0.15, 0.2) is 12.7 Å². The number of nitrogens with zero attached hydrogens (tertiary/aromatic N) is 5. The molecule has 2 heterocycles. The van der Waals surface area contributed by atoms with Crippen LogP contribution in [0.25, 0.3) is 0 Å². The standard InChI is InChI=1S/C13H21N7/c1-4-6-14-12-10(3)13(17-8-16-12)15-7-11-19-18-9-20(11)5-2/h8-9H,4-7H2,1-3H3,(H2,14,15,16,17). The lowest BCUT2D eigenvalue weighted by Gasteiger charge is -2.12. The van der Waals surface area contributed by atoms with Crippen LogP contribution in [0.4, 0.5) is 11.6 Å². The Morgan fingerprint density at radius 2 is 1.90 bits per heavy atom. The van der Waals surface area contributed by atoms with Crippen LogP contribution in [0.5, 0.6) is 0 Å². The van der Waals surface area contributed by atoms with Gasteiger partial charge >= 0.3 is 0 Å². The summed E-state index contributed by atoms with van der Waals surface area (Å²) < 4.78 is 2.00. The second-order valence-corrected chi connectivity index (χ2v) is 4.51. The molecule has 0 bridgehead atoms. The van der Waals surface area contributed by atoms with Gasteiger partial charge in [0.25, 0.3) is 0 Å². The molecule has 0 atom stereocenters. The Hall–Kier alpha value is -2.18. The van der Waals surface area contributed by atoms with E-state index in [0.29, 0.717) is 6.54 Å². The maximum Gasteiger partial charge on any atom is 0.152 e. The van der Waals surface area contributed by atoms with Crippen molar-refractivity contribution in [3.05, 3.63) is 24.0 Å². The maximum absolute atomic E-state index is 4.28. The molecule has 0 fully saturated rings. The van der Waals surface area contributed by atoms with Crippen LogP contribution >= 0.6 is 0 Å². The third kappa shape index (κ3) is 3.23. The Morgan fingerprint density at radius 1 is 1.15 bits per heavy atom. The SMILES string of the molecule is CCCNc1ncnc(NCc2nncn2CC)c1C. The Bertz CT molecular complexity index is 549. The quantitative estimate of drug-likeness (QED) is 0.802. The number of nitrogens with one attached hydrogen (secondary N) is 2. The third-order valence-electron chi connectivity index (χ3n) is 3.08. The number of aromatic nitrogens is 5. The van der Waals surface area contributed by atoms with Crippen molar-refractivity contribution in [1.29, 1.82) is 0 Å². The molecule has 7 heteroatoms. The minimum atomic E-state index is 0.596. The summed E-state index contributed by atoms with van der Waals surface area (Å²) in [5.41, 5.74) is 1.02. The Kier molecular flexibility index (Phi) is 4.86. The van der Waals surface area contributed by atoms with Crippen LogP contribution in [-0.4, -0.2) is 31.3 Å². The minimum Gasteiger partial charge on any atom is -0.370 e. The van der Waals surface area contributed by atoms with Crippen LogP contribution in [-0.2, 0) is 13.1 Å². The molecule has 108 valence electrons. The summed E-state index contributed by atoms with van der Waals surface area (Å²) >= 11 is 0.